The van der Waals surface area contributed by atoms with Crippen molar-refractivity contribution in [2.24, 2.45) is 0 Å². The third-order valence-corrected chi connectivity index (χ3v) is 17.0. The Bertz CT molecular complexity index is 1240. The van der Waals surface area contributed by atoms with Crippen molar-refractivity contribution in [2.45, 2.75) is 232 Å². The van der Waals surface area contributed by atoms with Gasteiger partial charge in [-0.2, -0.15) is 0 Å². The van der Waals surface area contributed by atoms with Crippen LogP contribution in [0.2, 0.25) is 177 Å². The lowest BCUT2D eigenvalue weighted by Crippen LogP contribution is -2.68. The average Bonchev–Trinajstić information content (AvgIpc) is 2.92. The lowest BCUT2D eigenvalue weighted by Gasteiger charge is -2.52. The molecular formula is C39H96O11Si9. The van der Waals surface area contributed by atoms with Crippen LogP contribution in [-0.2, 0) is 49.3 Å². The molecule has 0 spiro atoms. The Morgan fingerprint density at radius 1 is 0.356 bits per heavy atom. The van der Waals surface area contributed by atoms with E-state index < -0.39 is 130 Å². The normalized spacial score (nSPS) is 24.6. The Morgan fingerprint density at radius 3 is 1.03 bits per heavy atom. The Balaban J connectivity index is 4.43. The Kier molecular flexibility index (Phi) is 21.7. The van der Waals surface area contributed by atoms with Gasteiger partial charge in [-0.25, -0.2) is 0 Å². The molecule has 1 saturated heterocycles. The minimum Gasteiger partial charge on any atom is -0.415 e. The summed E-state index contributed by atoms with van der Waals surface area (Å²) >= 11 is 0. The van der Waals surface area contributed by atoms with Gasteiger partial charge in [0.1, 0.15) is 36.6 Å². The highest BCUT2D eigenvalue weighted by atomic mass is 28.4. The van der Waals surface area contributed by atoms with E-state index in [1.165, 1.54) is 0 Å². The van der Waals surface area contributed by atoms with Crippen LogP contribution in [0.25, 0.3) is 0 Å². The fourth-order valence-electron chi connectivity index (χ4n) is 6.34. The second kappa shape index (κ2) is 21.9. The predicted molar refractivity (Wildman–Crippen MR) is 271 cm³/mol. The van der Waals surface area contributed by atoms with Crippen LogP contribution in [0.5, 0.6) is 0 Å². The van der Waals surface area contributed by atoms with E-state index in [1.807, 2.05) is 0 Å². The molecule has 0 amide bonds. The molecule has 0 bridgehead atoms. The first-order chi connectivity index (χ1) is 25.8. The molecule has 59 heavy (non-hydrogen) atoms. The third kappa shape index (κ3) is 26.9. The van der Waals surface area contributed by atoms with E-state index in [-0.39, 0.29) is 0 Å². The molecule has 11 nitrogen and oxygen atoms in total. The van der Waals surface area contributed by atoms with Crippen molar-refractivity contribution in [3.05, 3.63) is 0 Å². The smallest absolute Gasteiger partial charge is 0.186 e. The minimum atomic E-state index is -2.29. The highest BCUT2D eigenvalue weighted by Gasteiger charge is 2.55. The molecule has 0 aromatic carbocycles. The van der Waals surface area contributed by atoms with Gasteiger partial charge in [-0.05, 0) is 177 Å². The summed E-state index contributed by atoms with van der Waals surface area (Å²) in [5.74, 6) is 0. The quantitative estimate of drug-likeness (QED) is 0.0774. The van der Waals surface area contributed by atoms with Gasteiger partial charge in [-0.1, -0.05) is 0 Å². The summed E-state index contributed by atoms with van der Waals surface area (Å²) in [6, 6.07) is 0. The Hall–Kier alpha value is 1.51. The van der Waals surface area contributed by atoms with Crippen molar-refractivity contribution in [3.63, 3.8) is 0 Å². The number of rotatable bonds is 26. The monoisotopic (exact) mass is 992 g/mol. The summed E-state index contributed by atoms with van der Waals surface area (Å²) in [6.07, 6.45) is -5.04. The minimum absolute atomic E-state index is 0.343. The topological polar surface area (TPSA) is 102 Å². The maximum absolute atomic E-state index is 7.69. The van der Waals surface area contributed by atoms with Crippen LogP contribution in [0.4, 0.5) is 0 Å². The first-order valence-corrected chi connectivity index (χ1v) is 52.8. The molecule has 20 heteroatoms. The highest BCUT2D eigenvalue weighted by Crippen LogP contribution is 2.37. The summed E-state index contributed by atoms with van der Waals surface area (Å²) in [6.45, 7) is 61.0. The SMILES string of the molecule is C[Si](C)(C)OC[C@H](O[Si](C)(C)C)[C@@H](O[C@@H]1O[C@H](CO[Si](C)(C)C)[C@@H](O[Si](C)(C)C)[C@H](O[Si](C)(C)C)[C@@H]1O[Si](C)(C)C)[C@H](O[Si](C)(C)C)[C@@H](CO[Si](C)(C)C)O[Si](C)(C)C. The van der Waals surface area contributed by atoms with E-state index in [4.69, 9.17) is 49.3 Å². The van der Waals surface area contributed by atoms with Gasteiger partial charge in [0.2, 0.25) is 0 Å². The Morgan fingerprint density at radius 2 is 0.695 bits per heavy atom. The standard InChI is InChI=1S/C39H96O11Si9/c1-51(2,3)40-28-31-35(47-56(16,17)18)37(49-58(22,23)24)38(50-59(25,26)27)39(43-31)44-34(32(45-54(10,11)12)29-41-52(4,5)6)36(48-57(19,20)21)33(46-55(13,14)15)30-42-53(7,8)9/h31-39H,28-30H2,1-27H3/t31-,32+,33-,34-,35-,36-,37+,38+,39+/m1/s1. The molecule has 0 aromatic heterocycles. The van der Waals surface area contributed by atoms with E-state index in [1.54, 1.807) is 0 Å². The lowest BCUT2D eigenvalue weighted by atomic mass is 9.98. The zero-order valence-corrected chi connectivity index (χ0v) is 52.3. The van der Waals surface area contributed by atoms with Gasteiger partial charge in [-0.3, -0.25) is 0 Å². The van der Waals surface area contributed by atoms with E-state index in [0.29, 0.717) is 19.8 Å². The third-order valence-electron chi connectivity index (χ3n) is 7.95. The summed E-state index contributed by atoms with van der Waals surface area (Å²) in [5.41, 5.74) is 0. The zero-order chi connectivity index (χ0) is 46.6. The summed E-state index contributed by atoms with van der Waals surface area (Å²) in [5, 5.41) is 0. The number of hydrogen-bond donors (Lipinski definition) is 0. The van der Waals surface area contributed by atoms with Crippen LogP contribution >= 0.6 is 0 Å². The fraction of sp³-hybridized carbons (Fsp3) is 1.00. The van der Waals surface area contributed by atoms with Crippen molar-refractivity contribution in [3.8, 4) is 0 Å². The molecule has 1 fully saturated rings. The van der Waals surface area contributed by atoms with Gasteiger partial charge >= 0.3 is 0 Å². The van der Waals surface area contributed by atoms with Crippen molar-refractivity contribution in [2.75, 3.05) is 19.8 Å². The zero-order valence-electron chi connectivity index (χ0n) is 43.3. The molecule has 0 aromatic rings. The molecule has 0 radical (unpaired) electrons. The second-order valence-electron chi connectivity index (χ2n) is 25.2. The molecule has 1 aliphatic rings. The summed E-state index contributed by atoms with van der Waals surface area (Å²) in [7, 11) is -19.3. The first kappa shape index (κ1) is 58.5. The highest BCUT2D eigenvalue weighted by molar-refractivity contribution is 6.72. The number of ether oxygens (including phenoxy) is 2. The molecule has 9 atom stereocenters. The van der Waals surface area contributed by atoms with Crippen molar-refractivity contribution >= 4 is 74.9 Å². The fourth-order valence-corrected chi connectivity index (χ4v) is 14.9. The van der Waals surface area contributed by atoms with E-state index >= 15 is 0 Å². The molecular weight excluding hydrogens is 897 g/mol. The van der Waals surface area contributed by atoms with E-state index in [0.717, 1.165) is 0 Å². The maximum atomic E-state index is 7.69. The predicted octanol–water partition coefficient (Wildman–Crippen LogP) is 11.0. The van der Waals surface area contributed by atoms with Crippen LogP contribution in [0, 0.1) is 0 Å². The van der Waals surface area contributed by atoms with Gasteiger partial charge in [-0.15, -0.1) is 0 Å². The van der Waals surface area contributed by atoms with Crippen LogP contribution in [0.15, 0.2) is 0 Å². The molecule has 1 rings (SSSR count). The largest absolute Gasteiger partial charge is 0.415 e. The van der Waals surface area contributed by atoms with E-state index in [9.17, 15) is 0 Å². The first-order valence-electron chi connectivity index (χ1n) is 22.1. The van der Waals surface area contributed by atoms with Crippen molar-refractivity contribution < 1.29 is 49.3 Å². The molecule has 0 aliphatic carbocycles. The van der Waals surface area contributed by atoms with Gasteiger partial charge in [0.25, 0.3) is 0 Å². The van der Waals surface area contributed by atoms with Crippen LogP contribution in [0.1, 0.15) is 0 Å². The molecule has 0 saturated carbocycles. The summed E-state index contributed by atoms with van der Waals surface area (Å²) in [4.78, 5) is 0. The molecule has 0 unspecified atom stereocenters. The van der Waals surface area contributed by atoms with Gasteiger partial charge < -0.3 is 49.3 Å². The number of hydrogen-bond acceptors (Lipinski definition) is 11. The van der Waals surface area contributed by atoms with Gasteiger partial charge in [0, 0.05) is 0 Å². The maximum Gasteiger partial charge on any atom is 0.186 e. The van der Waals surface area contributed by atoms with Crippen LogP contribution < -0.4 is 0 Å². The second-order valence-corrected chi connectivity index (χ2v) is 65.5. The lowest BCUT2D eigenvalue weighted by molar-refractivity contribution is -0.317. The van der Waals surface area contributed by atoms with Crippen LogP contribution in [-0.4, -0.2) is 150 Å². The summed E-state index contributed by atoms with van der Waals surface area (Å²) < 4.78 is 78.6. The Labute approximate surface area is 373 Å². The molecule has 1 heterocycles. The molecule has 0 N–H and O–H groups in total. The van der Waals surface area contributed by atoms with Crippen molar-refractivity contribution in [1.29, 1.82) is 0 Å². The van der Waals surface area contributed by atoms with Gasteiger partial charge in [0.15, 0.2) is 81.1 Å². The van der Waals surface area contributed by atoms with Gasteiger partial charge in [0.05, 0.1) is 32.0 Å². The average molecular weight is 994 g/mol. The molecule has 354 valence electrons. The van der Waals surface area contributed by atoms with E-state index in [2.05, 4.69) is 177 Å². The van der Waals surface area contributed by atoms with Crippen LogP contribution in [0.3, 0.4) is 0 Å². The van der Waals surface area contributed by atoms with Crippen molar-refractivity contribution in [1.82, 2.24) is 0 Å². The molecule has 1 aliphatic heterocycles.